The lowest BCUT2D eigenvalue weighted by Crippen LogP contribution is -2.21. The molecular formula is C23H23N. The van der Waals surface area contributed by atoms with Crippen LogP contribution in [0, 0.1) is 5.92 Å². The van der Waals surface area contributed by atoms with Crippen LogP contribution in [0.4, 0.5) is 0 Å². The minimum Gasteiger partial charge on any atom is -0.343 e. The maximum Gasteiger partial charge on any atom is 0.0773 e. The van der Waals surface area contributed by atoms with Gasteiger partial charge in [0.15, 0.2) is 0 Å². The molecule has 1 unspecified atom stereocenters. The molecule has 2 aliphatic heterocycles. The van der Waals surface area contributed by atoms with E-state index in [1.807, 2.05) is 0 Å². The summed E-state index contributed by atoms with van der Waals surface area (Å²) in [5, 5.41) is 0. The lowest BCUT2D eigenvalue weighted by atomic mass is 9.90. The quantitative estimate of drug-likeness (QED) is 0.675. The minimum atomic E-state index is 0.314. The summed E-state index contributed by atoms with van der Waals surface area (Å²) in [5.41, 5.74) is 6.73. The monoisotopic (exact) mass is 313 g/mol. The Kier molecular flexibility index (Phi) is 3.86. The van der Waals surface area contributed by atoms with Gasteiger partial charge in [0.05, 0.1) is 6.04 Å². The highest BCUT2D eigenvalue weighted by Crippen LogP contribution is 2.36. The lowest BCUT2D eigenvalue weighted by molar-refractivity contribution is 0.430. The van der Waals surface area contributed by atoms with Crippen molar-refractivity contribution in [1.29, 1.82) is 0 Å². The molecule has 0 amide bonds. The van der Waals surface area contributed by atoms with Gasteiger partial charge in [-0.2, -0.15) is 0 Å². The van der Waals surface area contributed by atoms with Gasteiger partial charge < -0.3 is 4.90 Å². The molecule has 2 aromatic rings. The first-order valence-electron chi connectivity index (χ1n) is 8.74. The third kappa shape index (κ3) is 2.82. The van der Waals surface area contributed by atoms with Crippen LogP contribution in [0.5, 0.6) is 0 Å². The summed E-state index contributed by atoms with van der Waals surface area (Å²) < 4.78 is 0. The van der Waals surface area contributed by atoms with Crippen molar-refractivity contribution in [1.82, 2.24) is 4.90 Å². The predicted octanol–water partition coefficient (Wildman–Crippen LogP) is 5.96. The first-order chi connectivity index (χ1) is 11.7. The van der Waals surface area contributed by atoms with Crippen molar-refractivity contribution in [2.24, 2.45) is 5.92 Å². The van der Waals surface area contributed by atoms with Crippen LogP contribution in [0.15, 0.2) is 73.1 Å². The van der Waals surface area contributed by atoms with Crippen LogP contribution >= 0.6 is 0 Å². The molecule has 0 aliphatic carbocycles. The van der Waals surface area contributed by atoms with Crippen LogP contribution in [-0.2, 0) is 6.42 Å². The van der Waals surface area contributed by atoms with E-state index >= 15 is 0 Å². The van der Waals surface area contributed by atoms with E-state index in [4.69, 9.17) is 0 Å². The van der Waals surface area contributed by atoms with Crippen LogP contribution in [0.3, 0.4) is 0 Å². The van der Waals surface area contributed by atoms with Gasteiger partial charge in [-0.3, -0.25) is 0 Å². The molecule has 1 atom stereocenters. The molecule has 0 spiro atoms. The summed E-state index contributed by atoms with van der Waals surface area (Å²) in [7, 11) is 0. The molecule has 0 N–H and O–H groups in total. The van der Waals surface area contributed by atoms with Gasteiger partial charge in [0.25, 0.3) is 0 Å². The Labute approximate surface area is 144 Å². The zero-order valence-electron chi connectivity index (χ0n) is 14.3. The van der Waals surface area contributed by atoms with Gasteiger partial charge in [0.1, 0.15) is 0 Å². The van der Waals surface area contributed by atoms with Gasteiger partial charge in [-0.15, -0.1) is 0 Å². The van der Waals surface area contributed by atoms with Crippen molar-refractivity contribution in [3.8, 4) is 11.1 Å². The highest BCUT2D eigenvalue weighted by atomic mass is 15.1. The average Bonchev–Trinajstić information content (AvgIpc) is 2.61. The highest BCUT2D eigenvalue weighted by molar-refractivity contribution is 5.70. The predicted molar refractivity (Wildman–Crippen MR) is 102 cm³/mol. The Morgan fingerprint density at radius 1 is 0.958 bits per heavy atom. The van der Waals surface area contributed by atoms with E-state index < -0.39 is 0 Å². The van der Waals surface area contributed by atoms with Crippen LogP contribution in [0.1, 0.15) is 36.6 Å². The van der Waals surface area contributed by atoms with Crippen LogP contribution in [-0.4, -0.2) is 4.90 Å². The molecule has 0 radical (unpaired) electrons. The Hall–Kier alpha value is -2.54. The van der Waals surface area contributed by atoms with Gasteiger partial charge in [-0.05, 0) is 58.4 Å². The van der Waals surface area contributed by atoms with Crippen LogP contribution in [0.25, 0.3) is 17.2 Å². The number of hydrogen-bond donors (Lipinski definition) is 0. The standard InChI is InChI=1S/C23H23N/c1-17(2)14-18-6-5-7-20(15-18)21-10-9-19-11-13-24-12-4-3-8-23(24)22(19)16-21/h3-13,15-17,23H,14H2,1-2H3. The van der Waals surface area contributed by atoms with Crippen molar-refractivity contribution in [3.63, 3.8) is 0 Å². The fourth-order valence-electron chi connectivity index (χ4n) is 3.60. The summed E-state index contributed by atoms with van der Waals surface area (Å²) in [6.45, 7) is 4.55. The third-order valence-corrected chi connectivity index (χ3v) is 4.72. The van der Waals surface area contributed by atoms with Gasteiger partial charge in [-0.1, -0.05) is 62.4 Å². The first kappa shape index (κ1) is 15.0. The Bertz CT molecular complexity index is 839. The Morgan fingerprint density at radius 3 is 2.71 bits per heavy atom. The van der Waals surface area contributed by atoms with E-state index in [0.717, 1.165) is 6.42 Å². The SMILES string of the molecule is CC(C)Cc1cccc(-c2ccc3c(c2)C2C=CC=CN2C=C3)c1. The molecule has 0 fully saturated rings. The highest BCUT2D eigenvalue weighted by Gasteiger charge is 2.21. The Balaban J connectivity index is 1.73. The number of nitrogens with zero attached hydrogens (tertiary/aromatic N) is 1. The summed E-state index contributed by atoms with van der Waals surface area (Å²) in [6, 6.07) is 16.1. The zero-order valence-corrected chi connectivity index (χ0v) is 14.3. The molecule has 2 aliphatic rings. The van der Waals surface area contributed by atoms with E-state index in [9.17, 15) is 0 Å². The van der Waals surface area contributed by atoms with E-state index in [1.54, 1.807) is 0 Å². The molecule has 120 valence electrons. The number of rotatable bonds is 3. The molecule has 0 saturated heterocycles. The van der Waals surface area contributed by atoms with Crippen LogP contribution in [0.2, 0.25) is 0 Å². The van der Waals surface area contributed by atoms with Crippen molar-refractivity contribution in [2.45, 2.75) is 26.3 Å². The van der Waals surface area contributed by atoms with Crippen molar-refractivity contribution in [2.75, 3.05) is 0 Å². The first-order valence-corrected chi connectivity index (χ1v) is 8.74. The summed E-state index contributed by atoms with van der Waals surface area (Å²) >= 11 is 0. The van der Waals surface area contributed by atoms with E-state index in [-0.39, 0.29) is 0 Å². The number of fused-ring (bicyclic) bond motifs is 3. The third-order valence-electron chi connectivity index (χ3n) is 4.72. The number of allylic oxidation sites excluding steroid dienone is 2. The van der Waals surface area contributed by atoms with E-state index in [1.165, 1.54) is 27.8 Å². The van der Waals surface area contributed by atoms with E-state index in [2.05, 4.69) is 97.9 Å². The number of hydrogen-bond acceptors (Lipinski definition) is 1. The molecule has 0 bridgehead atoms. The molecule has 1 nitrogen and oxygen atoms in total. The molecule has 0 saturated carbocycles. The van der Waals surface area contributed by atoms with E-state index in [0.29, 0.717) is 12.0 Å². The van der Waals surface area contributed by atoms with Gasteiger partial charge in [0, 0.05) is 12.4 Å². The largest absolute Gasteiger partial charge is 0.343 e. The zero-order chi connectivity index (χ0) is 16.5. The second-order valence-electron chi connectivity index (χ2n) is 7.08. The van der Waals surface area contributed by atoms with Crippen molar-refractivity contribution < 1.29 is 0 Å². The van der Waals surface area contributed by atoms with Crippen LogP contribution < -0.4 is 0 Å². The smallest absolute Gasteiger partial charge is 0.0773 e. The summed E-state index contributed by atoms with van der Waals surface area (Å²) in [5.74, 6) is 0.682. The molecule has 4 rings (SSSR count). The van der Waals surface area contributed by atoms with Gasteiger partial charge >= 0.3 is 0 Å². The summed E-state index contributed by atoms with van der Waals surface area (Å²) in [4.78, 5) is 2.27. The molecule has 0 aromatic heterocycles. The number of benzene rings is 2. The van der Waals surface area contributed by atoms with Gasteiger partial charge in [0.2, 0.25) is 0 Å². The molecule has 24 heavy (non-hydrogen) atoms. The molecular weight excluding hydrogens is 290 g/mol. The maximum atomic E-state index is 2.36. The normalized spacial score (nSPS) is 18.0. The lowest BCUT2D eigenvalue weighted by Gasteiger charge is -2.32. The second-order valence-corrected chi connectivity index (χ2v) is 7.08. The molecule has 2 aromatic carbocycles. The fourth-order valence-corrected chi connectivity index (χ4v) is 3.60. The minimum absolute atomic E-state index is 0.314. The fraction of sp³-hybridized carbons (Fsp3) is 0.217. The van der Waals surface area contributed by atoms with Gasteiger partial charge in [-0.25, -0.2) is 0 Å². The second kappa shape index (κ2) is 6.16. The maximum absolute atomic E-state index is 2.36. The topological polar surface area (TPSA) is 3.24 Å². The molecule has 1 heteroatoms. The van der Waals surface area contributed by atoms with Crippen molar-refractivity contribution >= 4 is 6.08 Å². The molecule has 2 heterocycles. The van der Waals surface area contributed by atoms with Crippen molar-refractivity contribution in [3.05, 3.63) is 89.8 Å². The average molecular weight is 313 g/mol. The Morgan fingerprint density at radius 2 is 1.83 bits per heavy atom. The summed E-state index contributed by atoms with van der Waals surface area (Å²) in [6.07, 6.45) is 14.1.